The average molecular weight is 550 g/mol. The van der Waals surface area contributed by atoms with E-state index in [-0.39, 0.29) is 30.0 Å². The number of piperazine rings is 1. The molecule has 0 aromatic heterocycles. The molecular weight excluding hydrogens is 518 g/mol. The molecule has 12 heteroatoms. The van der Waals surface area contributed by atoms with Crippen molar-refractivity contribution < 1.29 is 31.9 Å². The van der Waals surface area contributed by atoms with Gasteiger partial charge in [-0.3, -0.25) is 24.2 Å². The number of hydrogen-bond acceptors (Lipinski definition) is 5. The van der Waals surface area contributed by atoms with Gasteiger partial charge in [-0.25, -0.2) is 4.39 Å². The second-order valence-corrected chi connectivity index (χ2v) is 9.66. The molecule has 2 aromatic rings. The van der Waals surface area contributed by atoms with Gasteiger partial charge in [0.05, 0.1) is 18.3 Å². The van der Waals surface area contributed by atoms with Crippen LogP contribution in [-0.4, -0.2) is 90.9 Å². The normalized spacial score (nSPS) is 18.7. The molecule has 210 valence electrons. The summed E-state index contributed by atoms with van der Waals surface area (Å²) in [5, 5.41) is 5.28. The molecule has 39 heavy (non-hydrogen) atoms. The summed E-state index contributed by atoms with van der Waals surface area (Å²) in [6.45, 7) is 4.50. The van der Waals surface area contributed by atoms with Crippen molar-refractivity contribution in [2.75, 3.05) is 52.4 Å². The van der Waals surface area contributed by atoms with Crippen LogP contribution in [0.2, 0.25) is 0 Å². The number of halogens is 4. The quantitative estimate of drug-likeness (QED) is 0.495. The molecule has 3 amide bonds. The summed E-state index contributed by atoms with van der Waals surface area (Å²) in [6, 6.07) is 9.58. The van der Waals surface area contributed by atoms with Gasteiger partial charge in [-0.05, 0) is 55.3 Å². The highest BCUT2D eigenvalue weighted by Crippen LogP contribution is 2.29. The van der Waals surface area contributed by atoms with Crippen LogP contribution in [0, 0.1) is 5.82 Å². The lowest BCUT2D eigenvalue weighted by molar-refractivity contribution is -0.137. The first-order chi connectivity index (χ1) is 18.6. The molecule has 2 fully saturated rings. The van der Waals surface area contributed by atoms with Crippen molar-refractivity contribution in [3.8, 4) is 0 Å². The molecule has 4 rings (SSSR count). The summed E-state index contributed by atoms with van der Waals surface area (Å²) in [5.41, 5.74) is -0.631. The Bertz CT molecular complexity index is 1170. The van der Waals surface area contributed by atoms with Gasteiger partial charge in [0.2, 0.25) is 5.91 Å². The third-order valence-corrected chi connectivity index (χ3v) is 7.01. The third kappa shape index (κ3) is 7.76. The van der Waals surface area contributed by atoms with Crippen molar-refractivity contribution in [1.82, 2.24) is 25.3 Å². The fourth-order valence-electron chi connectivity index (χ4n) is 4.81. The van der Waals surface area contributed by atoms with E-state index in [1.54, 1.807) is 4.90 Å². The molecule has 0 aliphatic carbocycles. The van der Waals surface area contributed by atoms with Crippen LogP contribution in [0.25, 0.3) is 0 Å². The predicted octanol–water partition coefficient (Wildman–Crippen LogP) is 2.57. The Morgan fingerprint density at radius 2 is 1.62 bits per heavy atom. The molecule has 0 radical (unpaired) electrons. The number of alkyl halides is 3. The number of amides is 3. The predicted molar refractivity (Wildman–Crippen MR) is 135 cm³/mol. The van der Waals surface area contributed by atoms with Crippen molar-refractivity contribution in [2.24, 2.45) is 0 Å². The van der Waals surface area contributed by atoms with Gasteiger partial charge in [-0.1, -0.05) is 6.07 Å². The number of carbonyl (C=O) groups is 3. The summed E-state index contributed by atoms with van der Waals surface area (Å²) in [6.07, 6.45) is -3.09. The molecule has 2 heterocycles. The van der Waals surface area contributed by atoms with E-state index in [0.717, 1.165) is 44.1 Å². The number of nitrogens with one attached hydrogen (secondary N) is 2. The number of rotatable bonds is 8. The first-order valence-electron chi connectivity index (χ1n) is 12.9. The molecule has 0 spiro atoms. The van der Waals surface area contributed by atoms with Gasteiger partial charge in [0.25, 0.3) is 11.8 Å². The van der Waals surface area contributed by atoms with Gasteiger partial charge in [0.15, 0.2) is 0 Å². The molecule has 0 bridgehead atoms. The standard InChI is InChI=1S/C27H31F4N5O3/c28-22-8-6-19(7-9-22)26(39)36-15-12-34(13-16-36)11-14-35-10-2-5-23(35)33-24(37)18-32-25(38)20-3-1-4-21(17-20)27(29,30)31/h1,3-4,6-9,17,23H,2,5,10-16,18H2,(H,32,38)(H,33,37). The smallest absolute Gasteiger partial charge is 0.343 e. The topological polar surface area (TPSA) is 85.0 Å². The van der Waals surface area contributed by atoms with E-state index in [1.165, 1.54) is 30.3 Å². The van der Waals surface area contributed by atoms with Crippen LogP contribution in [0.4, 0.5) is 17.6 Å². The molecule has 1 unspecified atom stereocenters. The number of likely N-dealkylation sites (tertiary alicyclic amines) is 1. The fourth-order valence-corrected chi connectivity index (χ4v) is 4.81. The van der Waals surface area contributed by atoms with Crippen molar-refractivity contribution in [3.63, 3.8) is 0 Å². The summed E-state index contributed by atoms with van der Waals surface area (Å²) >= 11 is 0. The average Bonchev–Trinajstić information content (AvgIpc) is 3.37. The molecule has 2 aliphatic heterocycles. The molecular formula is C27H31F4N5O3. The van der Waals surface area contributed by atoms with Crippen molar-refractivity contribution >= 4 is 17.7 Å². The second kappa shape index (κ2) is 12.6. The van der Waals surface area contributed by atoms with Crippen LogP contribution in [0.15, 0.2) is 48.5 Å². The van der Waals surface area contributed by atoms with Gasteiger partial charge < -0.3 is 15.5 Å². The second-order valence-electron chi connectivity index (χ2n) is 9.66. The van der Waals surface area contributed by atoms with E-state index in [4.69, 9.17) is 0 Å². The number of benzene rings is 2. The van der Waals surface area contributed by atoms with Crippen molar-refractivity contribution in [2.45, 2.75) is 25.2 Å². The summed E-state index contributed by atoms with van der Waals surface area (Å²) in [5.74, 6) is -1.67. The van der Waals surface area contributed by atoms with Crippen molar-refractivity contribution in [1.29, 1.82) is 0 Å². The monoisotopic (exact) mass is 549 g/mol. The number of carbonyl (C=O) groups excluding carboxylic acids is 3. The Balaban J connectivity index is 1.18. The minimum atomic E-state index is -4.56. The van der Waals surface area contributed by atoms with E-state index in [2.05, 4.69) is 20.4 Å². The molecule has 0 saturated carbocycles. The van der Waals surface area contributed by atoms with Crippen LogP contribution in [0.3, 0.4) is 0 Å². The van der Waals surface area contributed by atoms with Crippen molar-refractivity contribution in [3.05, 3.63) is 71.0 Å². The lowest BCUT2D eigenvalue weighted by Gasteiger charge is -2.36. The van der Waals surface area contributed by atoms with Gasteiger partial charge in [0.1, 0.15) is 5.82 Å². The number of nitrogens with zero attached hydrogens (tertiary/aromatic N) is 3. The zero-order valence-electron chi connectivity index (χ0n) is 21.3. The molecule has 1 atom stereocenters. The Kier molecular flexibility index (Phi) is 9.18. The first-order valence-corrected chi connectivity index (χ1v) is 12.9. The van der Waals surface area contributed by atoms with Crippen LogP contribution < -0.4 is 10.6 Å². The van der Waals surface area contributed by atoms with Crippen LogP contribution in [0.5, 0.6) is 0 Å². The fraction of sp³-hybridized carbons (Fsp3) is 0.444. The zero-order valence-corrected chi connectivity index (χ0v) is 21.3. The Morgan fingerprint density at radius 1 is 0.897 bits per heavy atom. The maximum Gasteiger partial charge on any atom is 0.416 e. The maximum absolute atomic E-state index is 13.1. The SMILES string of the molecule is O=C(CNC(=O)c1cccc(C(F)(F)F)c1)NC1CCCN1CCN1CCN(C(=O)c2ccc(F)cc2)CC1. The Hall–Kier alpha value is -3.51. The Labute approximate surface area is 223 Å². The van der Waals surface area contributed by atoms with E-state index in [0.29, 0.717) is 38.3 Å². The maximum atomic E-state index is 13.1. The summed E-state index contributed by atoms with van der Waals surface area (Å²) in [4.78, 5) is 43.5. The highest BCUT2D eigenvalue weighted by molar-refractivity contribution is 5.96. The zero-order chi connectivity index (χ0) is 28.0. The molecule has 2 aliphatic rings. The summed E-state index contributed by atoms with van der Waals surface area (Å²) < 4.78 is 51.8. The van der Waals surface area contributed by atoms with E-state index in [1.807, 2.05) is 0 Å². The molecule has 8 nitrogen and oxygen atoms in total. The minimum Gasteiger partial charge on any atom is -0.343 e. The highest BCUT2D eigenvalue weighted by Gasteiger charge is 2.31. The highest BCUT2D eigenvalue weighted by atomic mass is 19.4. The van der Waals surface area contributed by atoms with Gasteiger partial charge >= 0.3 is 6.18 Å². The molecule has 2 aromatic carbocycles. The van der Waals surface area contributed by atoms with Gasteiger partial charge in [0, 0.05) is 56.9 Å². The van der Waals surface area contributed by atoms with E-state index >= 15 is 0 Å². The lowest BCUT2D eigenvalue weighted by atomic mass is 10.1. The lowest BCUT2D eigenvalue weighted by Crippen LogP contribution is -2.52. The largest absolute Gasteiger partial charge is 0.416 e. The van der Waals surface area contributed by atoms with Crippen LogP contribution in [0.1, 0.15) is 39.1 Å². The minimum absolute atomic E-state index is 0.114. The Morgan fingerprint density at radius 3 is 2.31 bits per heavy atom. The van der Waals surface area contributed by atoms with Crippen LogP contribution in [-0.2, 0) is 11.0 Å². The van der Waals surface area contributed by atoms with Gasteiger partial charge in [-0.2, -0.15) is 13.2 Å². The van der Waals surface area contributed by atoms with Crippen LogP contribution >= 0.6 is 0 Å². The molecule has 2 N–H and O–H groups in total. The molecule has 2 saturated heterocycles. The van der Waals surface area contributed by atoms with E-state index < -0.39 is 23.6 Å². The van der Waals surface area contributed by atoms with E-state index in [9.17, 15) is 31.9 Å². The number of hydrogen-bond donors (Lipinski definition) is 2. The van der Waals surface area contributed by atoms with Gasteiger partial charge in [-0.15, -0.1) is 0 Å². The third-order valence-electron chi connectivity index (χ3n) is 7.01. The summed E-state index contributed by atoms with van der Waals surface area (Å²) in [7, 11) is 0. The first kappa shape index (κ1) is 28.5.